The molecule has 0 heterocycles. The zero-order chi connectivity index (χ0) is 12.8. The predicted octanol–water partition coefficient (Wildman–Crippen LogP) is -0.313. The zero-order valence-electron chi connectivity index (χ0n) is 8.68. The molecule has 3 N–H and O–H groups in total. The molecule has 0 fully saturated rings. The van der Waals surface area contributed by atoms with Crippen LogP contribution in [0.4, 0.5) is 14.9 Å². The second-order valence-corrected chi connectivity index (χ2v) is 2.99. The van der Waals surface area contributed by atoms with Gasteiger partial charge in [-0.05, 0) is 6.07 Å². The van der Waals surface area contributed by atoms with Crippen LogP contribution in [0.2, 0.25) is 0 Å². The highest BCUT2D eigenvalue weighted by Crippen LogP contribution is 2.11. The van der Waals surface area contributed by atoms with E-state index in [0.29, 0.717) is 0 Å². The molecule has 1 aromatic rings. The average Bonchev–Trinajstić information content (AvgIpc) is 2.28. The largest absolute Gasteiger partial charge is 0.491 e. The van der Waals surface area contributed by atoms with E-state index in [1.807, 2.05) is 0 Å². The topological polar surface area (TPSA) is 78.8 Å². The van der Waals surface area contributed by atoms with Crippen molar-refractivity contribution in [3.05, 3.63) is 24.0 Å². The monoisotopic (exact) mass is 237 g/mol. The second kappa shape index (κ2) is 5.89. The van der Waals surface area contributed by atoms with Gasteiger partial charge in [0.1, 0.15) is 5.82 Å². The number of carbonyl (C=O) groups is 1. The maximum Gasteiger partial charge on any atom is 0.491 e. The van der Waals surface area contributed by atoms with Gasteiger partial charge in [-0.3, -0.25) is 5.32 Å². The fraction of sp³-hybridized carbons (Fsp3) is 0.100. The van der Waals surface area contributed by atoms with Gasteiger partial charge in [0.15, 0.2) is 6.61 Å². The molecule has 0 radical (unpaired) electrons. The van der Waals surface area contributed by atoms with E-state index in [1.165, 1.54) is 18.2 Å². The van der Waals surface area contributed by atoms with Crippen LogP contribution in [0.3, 0.4) is 0 Å². The molecule has 0 aliphatic heterocycles. The van der Waals surface area contributed by atoms with E-state index >= 15 is 0 Å². The van der Waals surface area contributed by atoms with E-state index in [2.05, 4.69) is 16.0 Å². The maximum absolute atomic E-state index is 13.6. The lowest BCUT2D eigenvalue weighted by atomic mass is 9.79. The number of benzene rings is 1. The third-order valence-electron chi connectivity index (χ3n) is 1.83. The van der Waals surface area contributed by atoms with Crippen LogP contribution in [0.15, 0.2) is 18.2 Å². The Morgan fingerprint density at radius 1 is 1.59 bits per heavy atom. The Labute approximate surface area is 97.4 Å². The number of halogens is 1. The fourth-order valence-corrected chi connectivity index (χ4v) is 1.10. The smallest absolute Gasteiger partial charge is 0.436 e. The summed E-state index contributed by atoms with van der Waals surface area (Å²) in [5.41, 5.74) is -0.572. The summed E-state index contributed by atoms with van der Waals surface area (Å²) in [6.45, 7) is -0.240. The van der Waals surface area contributed by atoms with Crippen molar-refractivity contribution in [1.29, 1.82) is 0 Å². The molecule has 1 aromatic carbocycles. The lowest BCUT2D eigenvalue weighted by Crippen LogP contribution is -2.33. The molecule has 1 rings (SSSR count). The molecule has 5 nitrogen and oxygen atoms in total. The molecule has 1 amide bonds. The Morgan fingerprint density at radius 3 is 2.88 bits per heavy atom. The number of terminal acetylenes is 1. The first-order valence-electron chi connectivity index (χ1n) is 4.58. The molecule has 0 saturated carbocycles. The number of ether oxygens (including phenoxy) is 1. The van der Waals surface area contributed by atoms with Crippen LogP contribution in [-0.4, -0.2) is 29.9 Å². The summed E-state index contributed by atoms with van der Waals surface area (Å²) in [4.78, 5) is 11.1. The van der Waals surface area contributed by atoms with E-state index < -0.39 is 19.0 Å². The van der Waals surface area contributed by atoms with Gasteiger partial charge in [-0.25, -0.2) is 9.18 Å². The van der Waals surface area contributed by atoms with Crippen LogP contribution in [0.5, 0.6) is 0 Å². The van der Waals surface area contributed by atoms with E-state index in [1.54, 1.807) is 0 Å². The summed E-state index contributed by atoms with van der Waals surface area (Å²) < 4.78 is 18.0. The molecule has 0 aromatic heterocycles. The van der Waals surface area contributed by atoms with E-state index in [9.17, 15) is 9.18 Å². The zero-order valence-corrected chi connectivity index (χ0v) is 8.68. The van der Waals surface area contributed by atoms with Gasteiger partial charge in [0, 0.05) is 5.46 Å². The van der Waals surface area contributed by atoms with Crippen LogP contribution in [-0.2, 0) is 4.74 Å². The number of amides is 1. The van der Waals surface area contributed by atoms with Gasteiger partial charge < -0.3 is 14.8 Å². The number of hydrogen-bond donors (Lipinski definition) is 3. The Morgan fingerprint density at radius 2 is 2.29 bits per heavy atom. The van der Waals surface area contributed by atoms with Crippen LogP contribution >= 0.6 is 0 Å². The number of rotatable bonds is 3. The van der Waals surface area contributed by atoms with Crippen molar-refractivity contribution in [1.82, 2.24) is 0 Å². The first-order chi connectivity index (χ1) is 8.06. The number of nitrogens with one attached hydrogen (secondary N) is 1. The van der Waals surface area contributed by atoms with Gasteiger partial charge >= 0.3 is 13.2 Å². The molecule has 0 aliphatic carbocycles. The van der Waals surface area contributed by atoms with E-state index in [-0.39, 0.29) is 17.8 Å². The molecule has 17 heavy (non-hydrogen) atoms. The Hall–Kier alpha value is -2.04. The average molecular weight is 237 g/mol. The highest BCUT2D eigenvalue weighted by atomic mass is 19.1. The van der Waals surface area contributed by atoms with Gasteiger partial charge in [-0.15, -0.1) is 6.42 Å². The molecule has 0 saturated heterocycles. The Balaban J connectivity index is 2.82. The van der Waals surface area contributed by atoms with E-state index in [0.717, 1.165) is 0 Å². The molecule has 0 bridgehead atoms. The molecule has 7 heteroatoms. The minimum atomic E-state index is -1.96. The van der Waals surface area contributed by atoms with Gasteiger partial charge in [-0.2, -0.15) is 0 Å². The van der Waals surface area contributed by atoms with E-state index in [4.69, 9.17) is 16.5 Å². The molecule has 0 unspecified atom stereocenters. The summed E-state index contributed by atoms with van der Waals surface area (Å²) in [7, 11) is -1.96. The van der Waals surface area contributed by atoms with Crippen molar-refractivity contribution in [3.8, 4) is 12.3 Å². The minimum Gasteiger partial charge on any atom is -0.436 e. The lowest BCUT2D eigenvalue weighted by Gasteiger charge is -2.08. The SMILES string of the molecule is C#CCOC(=O)Nc1cccc(B(O)O)c1F. The second-order valence-electron chi connectivity index (χ2n) is 2.99. The maximum atomic E-state index is 13.6. The summed E-state index contributed by atoms with van der Waals surface area (Å²) in [6, 6.07) is 3.78. The van der Waals surface area contributed by atoms with Crippen LogP contribution < -0.4 is 10.8 Å². The summed E-state index contributed by atoms with van der Waals surface area (Å²) in [5.74, 6) is 1.13. The molecular formula is C10H9BFNO4. The standard InChI is InChI=1S/C10H9BFNO4/c1-2-6-17-10(14)13-8-5-3-4-7(9(8)12)11(15)16/h1,3-5,15-16H,6H2,(H,13,14). The summed E-state index contributed by atoms with van der Waals surface area (Å²) >= 11 is 0. The Kier molecular flexibility index (Phi) is 4.51. The first-order valence-corrected chi connectivity index (χ1v) is 4.58. The van der Waals surface area contributed by atoms with Crippen molar-refractivity contribution in [3.63, 3.8) is 0 Å². The summed E-state index contributed by atoms with van der Waals surface area (Å²) in [5, 5.41) is 19.8. The Bertz CT molecular complexity index is 458. The highest BCUT2D eigenvalue weighted by molar-refractivity contribution is 6.58. The quantitative estimate of drug-likeness (QED) is 0.497. The molecule has 0 spiro atoms. The third kappa shape index (κ3) is 3.48. The van der Waals surface area contributed by atoms with Crippen molar-refractivity contribution in [2.75, 3.05) is 11.9 Å². The lowest BCUT2D eigenvalue weighted by molar-refractivity contribution is 0.176. The van der Waals surface area contributed by atoms with Gasteiger partial charge in [0.2, 0.25) is 0 Å². The normalized spacial score (nSPS) is 9.29. The van der Waals surface area contributed by atoms with Crippen molar-refractivity contribution in [2.24, 2.45) is 0 Å². The molecule has 0 atom stereocenters. The minimum absolute atomic E-state index is 0.224. The van der Waals surface area contributed by atoms with Crippen LogP contribution in [0.1, 0.15) is 0 Å². The predicted molar refractivity (Wildman–Crippen MR) is 60.0 cm³/mol. The number of hydrogen-bond acceptors (Lipinski definition) is 4. The molecule has 0 aliphatic rings. The first kappa shape index (κ1) is 13.0. The number of anilines is 1. The van der Waals surface area contributed by atoms with Crippen LogP contribution in [0, 0.1) is 18.2 Å². The van der Waals surface area contributed by atoms with Gasteiger partial charge in [-0.1, -0.05) is 18.1 Å². The number of carbonyl (C=O) groups excluding carboxylic acids is 1. The molecular weight excluding hydrogens is 228 g/mol. The van der Waals surface area contributed by atoms with Crippen molar-refractivity contribution in [2.45, 2.75) is 0 Å². The van der Waals surface area contributed by atoms with Gasteiger partial charge in [0.25, 0.3) is 0 Å². The summed E-state index contributed by atoms with van der Waals surface area (Å²) in [6.07, 6.45) is 3.94. The third-order valence-corrected chi connectivity index (χ3v) is 1.83. The van der Waals surface area contributed by atoms with Gasteiger partial charge in [0.05, 0.1) is 5.69 Å². The fourth-order valence-electron chi connectivity index (χ4n) is 1.10. The highest BCUT2D eigenvalue weighted by Gasteiger charge is 2.19. The molecule has 88 valence electrons. The van der Waals surface area contributed by atoms with Crippen molar-refractivity contribution >= 4 is 24.4 Å². The van der Waals surface area contributed by atoms with Crippen LogP contribution in [0.25, 0.3) is 0 Å². The van der Waals surface area contributed by atoms with Crippen molar-refractivity contribution < 1.29 is 24.0 Å².